The topological polar surface area (TPSA) is 73.6 Å². The lowest BCUT2D eigenvalue weighted by Crippen LogP contribution is -2.39. The summed E-state index contributed by atoms with van der Waals surface area (Å²) in [7, 11) is 1.63. The molecule has 1 fully saturated rings. The van der Waals surface area contributed by atoms with E-state index in [9.17, 15) is 4.79 Å². The molecule has 1 aromatic rings. The Morgan fingerprint density at radius 1 is 1.17 bits per heavy atom. The second-order valence-electron chi connectivity index (χ2n) is 6.32. The summed E-state index contributed by atoms with van der Waals surface area (Å²) in [6, 6.07) is 7.40. The monoisotopic (exact) mass is 320 g/mol. The molecule has 0 radical (unpaired) electrons. The third kappa shape index (κ3) is 5.43. The van der Waals surface area contributed by atoms with Crippen LogP contribution in [0.3, 0.4) is 0 Å². The molecule has 0 heterocycles. The molecule has 128 valence electrons. The van der Waals surface area contributed by atoms with Crippen molar-refractivity contribution in [2.45, 2.75) is 38.5 Å². The molecule has 23 heavy (non-hydrogen) atoms. The third-order valence-electron chi connectivity index (χ3n) is 4.64. The fourth-order valence-electron chi connectivity index (χ4n) is 3.19. The van der Waals surface area contributed by atoms with Gasteiger partial charge in [0.1, 0.15) is 18.1 Å². The van der Waals surface area contributed by atoms with Gasteiger partial charge in [-0.3, -0.25) is 4.79 Å². The molecule has 1 aliphatic rings. The van der Waals surface area contributed by atoms with E-state index in [0.29, 0.717) is 26.1 Å². The van der Waals surface area contributed by atoms with E-state index in [-0.39, 0.29) is 11.3 Å². The highest BCUT2D eigenvalue weighted by molar-refractivity contribution is 5.76. The fraction of sp³-hybridized carbons (Fsp3) is 0.611. The van der Waals surface area contributed by atoms with E-state index >= 15 is 0 Å². The summed E-state index contributed by atoms with van der Waals surface area (Å²) in [4.78, 5) is 12.1. The lowest BCUT2D eigenvalue weighted by Gasteiger charge is -2.35. The Balaban J connectivity index is 1.67. The quantitative estimate of drug-likeness (QED) is 0.722. The predicted octanol–water partition coefficient (Wildman–Crippen LogP) is 2.49. The fourth-order valence-corrected chi connectivity index (χ4v) is 3.19. The number of methoxy groups -OCH3 is 1. The maximum atomic E-state index is 12.1. The van der Waals surface area contributed by atoms with Crippen molar-refractivity contribution >= 4 is 5.91 Å². The zero-order valence-corrected chi connectivity index (χ0v) is 14.0. The van der Waals surface area contributed by atoms with Crippen molar-refractivity contribution < 1.29 is 14.3 Å². The first-order valence-corrected chi connectivity index (χ1v) is 8.41. The van der Waals surface area contributed by atoms with Crippen molar-refractivity contribution in [1.82, 2.24) is 5.32 Å². The number of amides is 1. The normalized spacial score (nSPS) is 16.6. The number of hydrogen-bond acceptors (Lipinski definition) is 4. The van der Waals surface area contributed by atoms with Gasteiger partial charge < -0.3 is 20.5 Å². The number of benzene rings is 1. The Morgan fingerprint density at radius 2 is 1.83 bits per heavy atom. The van der Waals surface area contributed by atoms with Gasteiger partial charge in [-0.2, -0.15) is 0 Å². The molecule has 1 aliphatic carbocycles. The molecule has 2 rings (SSSR count). The van der Waals surface area contributed by atoms with Gasteiger partial charge in [-0.1, -0.05) is 19.3 Å². The van der Waals surface area contributed by atoms with Crippen molar-refractivity contribution in [2.75, 3.05) is 26.8 Å². The van der Waals surface area contributed by atoms with Crippen LogP contribution in [0.2, 0.25) is 0 Å². The Kier molecular flexibility index (Phi) is 6.71. The number of nitrogens with two attached hydrogens (primary N) is 1. The first-order valence-electron chi connectivity index (χ1n) is 8.41. The highest BCUT2D eigenvalue weighted by atomic mass is 16.5. The smallest absolute Gasteiger partial charge is 0.220 e. The summed E-state index contributed by atoms with van der Waals surface area (Å²) >= 11 is 0. The van der Waals surface area contributed by atoms with Crippen LogP contribution in [0.15, 0.2) is 24.3 Å². The van der Waals surface area contributed by atoms with Crippen molar-refractivity contribution in [3.05, 3.63) is 24.3 Å². The van der Waals surface area contributed by atoms with Crippen molar-refractivity contribution in [3.8, 4) is 11.5 Å². The first kappa shape index (κ1) is 17.6. The molecule has 0 aliphatic heterocycles. The van der Waals surface area contributed by atoms with E-state index in [1.807, 2.05) is 24.3 Å². The van der Waals surface area contributed by atoms with E-state index in [0.717, 1.165) is 24.3 Å². The van der Waals surface area contributed by atoms with Crippen LogP contribution in [0, 0.1) is 5.41 Å². The van der Waals surface area contributed by atoms with Crippen molar-refractivity contribution in [1.29, 1.82) is 0 Å². The predicted molar refractivity (Wildman–Crippen MR) is 90.7 cm³/mol. The molecule has 0 atom stereocenters. The summed E-state index contributed by atoms with van der Waals surface area (Å²) < 4.78 is 10.7. The average Bonchev–Trinajstić information content (AvgIpc) is 2.60. The van der Waals surface area contributed by atoms with Gasteiger partial charge in [0.25, 0.3) is 0 Å². The average molecular weight is 320 g/mol. The molecular weight excluding hydrogens is 292 g/mol. The Bertz CT molecular complexity index is 482. The van der Waals surface area contributed by atoms with Crippen molar-refractivity contribution in [3.63, 3.8) is 0 Å². The molecule has 5 heteroatoms. The van der Waals surface area contributed by atoms with E-state index in [2.05, 4.69) is 5.32 Å². The zero-order chi connectivity index (χ0) is 16.5. The summed E-state index contributed by atoms with van der Waals surface area (Å²) in [5.41, 5.74) is 5.94. The molecule has 0 bridgehead atoms. The highest BCUT2D eigenvalue weighted by Gasteiger charge is 2.32. The zero-order valence-electron chi connectivity index (χ0n) is 14.0. The number of hydrogen-bond donors (Lipinski definition) is 2. The van der Waals surface area contributed by atoms with Crippen LogP contribution in [-0.2, 0) is 4.79 Å². The number of ether oxygens (including phenoxy) is 2. The minimum Gasteiger partial charge on any atom is -0.497 e. The summed E-state index contributed by atoms with van der Waals surface area (Å²) in [6.45, 7) is 1.56. The Morgan fingerprint density at radius 3 is 2.43 bits per heavy atom. The maximum absolute atomic E-state index is 12.1. The largest absolute Gasteiger partial charge is 0.497 e. The second kappa shape index (κ2) is 8.77. The van der Waals surface area contributed by atoms with Gasteiger partial charge in [-0.05, 0) is 49.1 Å². The standard InChI is InChI=1S/C18H28N2O3/c1-22-15-5-7-16(8-6-15)23-12-11-20-17(21)13-18(14-19)9-3-2-4-10-18/h5-8H,2-4,9-14,19H2,1H3,(H,20,21). The number of nitrogens with one attached hydrogen (secondary N) is 1. The van der Waals surface area contributed by atoms with Gasteiger partial charge in [0, 0.05) is 6.42 Å². The molecule has 0 aromatic heterocycles. The lowest BCUT2D eigenvalue weighted by molar-refractivity contribution is -0.124. The highest BCUT2D eigenvalue weighted by Crippen LogP contribution is 2.38. The van der Waals surface area contributed by atoms with E-state index < -0.39 is 0 Å². The molecule has 0 saturated heterocycles. The van der Waals surface area contributed by atoms with Gasteiger partial charge in [-0.15, -0.1) is 0 Å². The molecule has 1 saturated carbocycles. The van der Waals surface area contributed by atoms with Crippen LogP contribution < -0.4 is 20.5 Å². The van der Waals surface area contributed by atoms with Crippen LogP contribution in [0.4, 0.5) is 0 Å². The Labute approximate surface area is 138 Å². The van der Waals surface area contributed by atoms with E-state index in [1.165, 1.54) is 19.3 Å². The first-order chi connectivity index (χ1) is 11.2. The molecule has 5 nitrogen and oxygen atoms in total. The molecule has 1 aromatic carbocycles. The summed E-state index contributed by atoms with van der Waals surface area (Å²) in [6.07, 6.45) is 6.31. The number of rotatable bonds is 8. The van der Waals surface area contributed by atoms with Crippen LogP contribution in [-0.4, -0.2) is 32.7 Å². The second-order valence-corrected chi connectivity index (χ2v) is 6.32. The molecule has 0 spiro atoms. The van der Waals surface area contributed by atoms with Gasteiger partial charge in [0.15, 0.2) is 0 Å². The van der Waals surface area contributed by atoms with Crippen LogP contribution >= 0.6 is 0 Å². The minimum atomic E-state index is 0.0131. The van der Waals surface area contributed by atoms with Crippen LogP contribution in [0.1, 0.15) is 38.5 Å². The molecular formula is C18H28N2O3. The SMILES string of the molecule is COc1ccc(OCCNC(=O)CC2(CN)CCCCC2)cc1. The van der Waals surface area contributed by atoms with Gasteiger partial charge in [-0.25, -0.2) is 0 Å². The maximum Gasteiger partial charge on any atom is 0.220 e. The number of carbonyl (C=O) groups excluding carboxylic acids is 1. The van der Waals surface area contributed by atoms with Crippen molar-refractivity contribution in [2.24, 2.45) is 11.1 Å². The van der Waals surface area contributed by atoms with Gasteiger partial charge in [0.2, 0.25) is 5.91 Å². The van der Waals surface area contributed by atoms with E-state index in [4.69, 9.17) is 15.2 Å². The molecule has 0 unspecified atom stereocenters. The summed E-state index contributed by atoms with van der Waals surface area (Å²) in [5, 5.41) is 2.94. The molecule has 1 amide bonds. The lowest BCUT2D eigenvalue weighted by atomic mass is 9.72. The summed E-state index contributed by atoms with van der Waals surface area (Å²) in [5.74, 6) is 1.65. The third-order valence-corrected chi connectivity index (χ3v) is 4.64. The Hall–Kier alpha value is -1.75. The minimum absolute atomic E-state index is 0.0131. The molecule has 3 N–H and O–H groups in total. The number of carbonyl (C=O) groups is 1. The van der Waals surface area contributed by atoms with Crippen LogP contribution in [0.25, 0.3) is 0 Å². The van der Waals surface area contributed by atoms with Gasteiger partial charge >= 0.3 is 0 Å². The van der Waals surface area contributed by atoms with E-state index in [1.54, 1.807) is 7.11 Å². The van der Waals surface area contributed by atoms with Gasteiger partial charge in [0.05, 0.1) is 13.7 Å². The van der Waals surface area contributed by atoms with Crippen LogP contribution in [0.5, 0.6) is 11.5 Å².